The second-order valence-corrected chi connectivity index (χ2v) is 3.79. The largest absolute Gasteiger partial charge is 0.294 e. The SMILES string of the molecule is O=S(=O)(O)c1ccc(Cl)cc1.[In]. The maximum absolute atomic E-state index is 10.5. The molecule has 1 aromatic rings. The van der Waals surface area contributed by atoms with Gasteiger partial charge in [0.05, 0.1) is 4.90 Å². The van der Waals surface area contributed by atoms with Crippen molar-refractivity contribution in [1.29, 1.82) is 0 Å². The quantitative estimate of drug-likeness (QED) is 0.793. The van der Waals surface area contributed by atoms with E-state index in [1.807, 2.05) is 0 Å². The van der Waals surface area contributed by atoms with Crippen LogP contribution in [-0.2, 0) is 10.1 Å². The first-order chi connectivity index (χ1) is 5.00. The number of rotatable bonds is 1. The summed E-state index contributed by atoms with van der Waals surface area (Å²) in [7, 11) is -4.08. The summed E-state index contributed by atoms with van der Waals surface area (Å²) in [6.07, 6.45) is 0. The van der Waals surface area contributed by atoms with Crippen LogP contribution in [-0.4, -0.2) is 38.8 Å². The second kappa shape index (κ2) is 4.50. The van der Waals surface area contributed by atoms with Gasteiger partial charge in [0.25, 0.3) is 10.1 Å². The molecule has 0 fully saturated rings. The zero-order valence-corrected chi connectivity index (χ0v) is 10.8. The molecule has 1 aromatic carbocycles. The molecule has 0 aliphatic rings. The molecule has 0 aliphatic heterocycles. The van der Waals surface area contributed by atoms with E-state index in [0.717, 1.165) is 0 Å². The van der Waals surface area contributed by atoms with Gasteiger partial charge in [-0.3, -0.25) is 4.55 Å². The van der Waals surface area contributed by atoms with Gasteiger partial charge in [-0.2, -0.15) is 8.42 Å². The molecule has 0 aliphatic carbocycles. The van der Waals surface area contributed by atoms with E-state index in [1.165, 1.54) is 24.3 Å². The molecule has 3 nitrogen and oxygen atoms in total. The molecular weight excluding hydrogens is 302 g/mol. The Labute approximate surface area is 94.3 Å². The van der Waals surface area contributed by atoms with Crippen LogP contribution in [0.2, 0.25) is 5.02 Å². The van der Waals surface area contributed by atoms with Crippen molar-refractivity contribution in [2.24, 2.45) is 0 Å². The van der Waals surface area contributed by atoms with Crippen molar-refractivity contribution in [2.75, 3.05) is 0 Å². The van der Waals surface area contributed by atoms with Gasteiger partial charge < -0.3 is 0 Å². The molecule has 63 valence electrons. The van der Waals surface area contributed by atoms with Gasteiger partial charge in [0.1, 0.15) is 0 Å². The normalized spacial score (nSPS) is 10.5. The Hall–Kier alpha value is 0.290. The third-order valence-electron chi connectivity index (χ3n) is 1.11. The van der Waals surface area contributed by atoms with Gasteiger partial charge in [-0.25, -0.2) is 0 Å². The summed E-state index contributed by atoms with van der Waals surface area (Å²) in [4.78, 5) is -0.151. The maximum atomic E-state index is 10.5. The molecule has 0 unspecified atom stereocenters. The van der Waals surface area contributed by atoms with E-state index in [2.05, 4.69) is 0 Å². The van der Waals surface area contributed by atoms with E-state index in [-0.39, 0.29) is 30.7 Å². The van der Waals surface area contributed by atoms with Crippen molar-refractivity contribution in [2.45, 2.75) is 4.90 Å². The van der Waals surface area contributed by atoms with E-state index in [9.17, 15) is 8.42 Å². The predicted octanol–water partition coefficient (Wildman–Crippen LogP) is 1.21. The van der Waals surface area contributed by atoms with Crippen LogP contribution in [0, 0.1) is 0 Å². The van der Waals surface area contributed by atoms with E-state index in [1.54, 1.807) is 0 Å². The minimum absolute atomic E-state index is 0. The van der Waals surface area contributed by atoms with Gasteiger partial charge in [0, 0.05) is 30.9 Å². The third-order valence-corrected chi connectivity index (χ3v) is 2.23. The molecule has 0 spiro atoms. The number of hydrogen-bond acceptors (Lipinski definition) is 2. The minimum atomic E-state index is -4.08. The Bertz CT molecular complexity index is 346. The predicted molar refractivity (Wildman–Crippen MR) is 47.0 cm³/mol. The topological polar surface area (TPSA) is 54.4 Å². The number of halogens is 1. The molecule has 12 heavy (non-hydrogen) atoms. The van der Waals surface area contributed by atoms with Crippen molar-refractivity contribution in [1.82, 2.24) is 0 Å². The molecular formula is C6H5ClInO3S. The van der Waals surface area contributed by atoms with Crippen molar-refractivity contribution in [3.05, 3.63) is 29.3 Å². The summed E-state index contributed by atoms with van der Waals surface area (Å²) < 4.78 is 29.4. The van der Waals surface area contributed by atoms with E-state index < -0.39 is 10.1 Å². The van der Waals surface area contributed by atoms with Crippen LogP contribution in [0.3, 0.4) is 0 Å². The smallest absolute Gasteiger partial charge is 0.282 e. The molecule has 0 saturated heterocycles. The standard InChI is InChI=1S/C6H5ClO3S.In/c7-5-1-3-6(4-2-5)11(8,9)10;/h1-4H,(H,8,9,10);. The zero-order valence-electron chi connectivity index (χ0n) is 5.94. The first-order valence-corrected chi connectivity index (χ1v) is 4.55. The van der Waals surface area contributed by atoms with Crippen LogP contribution in [0.5, 0.6) is 0 Å². The second-order valence-electron chi connectivity index (χ2n) is 1.93. The van der Waals surface area contributed by atoms with Crippen LogP contribution in [0.4, 0.5) is 0 Å². The first kappa shape index (κ1) is 12.3. The molecule has 1 rings (SSSR count). The van der Waals surface area contributed by atoms with E-state index in [0.29, 0.717) is 5.02 Å². The van der Waals surface area contributed by atoms with Gasteiger partial charge >= 0.3 is 0 Å². The number of benzene rings is 1. The van der Waals surface area contributed by atoms with Crippen LogP contribution in [0.1, 0.15) is 0 Å². The molecule has 3 radical (unpaired) electrons. The molecule has 0 atom stereocenters. The van der Waals surface area contributed by atoms with Crippen molar-refractivity contribution >= 4 is 47.6 Å². The Kier molecular flexibility index (Phi) is 4.61. The Balaban J connectivity index is 0.00000121. The fraction of sp³-hybridized carbons (Fsp3) is 0. The fourth-order valence-electron chi connectivity index (χ4n) is 0.607. The molecule has 0 heterocycles. The summed E-state index contributed by atoms with van der Waals surface area (Å²) in [5.41, 5.74) is 0. The van der Waals surface area contributed by atoms with E-state index in [4.69, 9.17) is 16.2 Å². The van der Waals surface area contributed by atoms with Gasteiger partial charge in [0.2, 0.25) is 0 Å². The molecule has 0 bridgehead atoms. The van der Waals surface area contributed by atoms with Gasteiger partial charge in [-0.05, 0) is 24.3 Å². The third kappa shape index (κ3) is 3.35. The Morgan fingerprint density at radius 1 is 1.17 bits per heavy atom. The van der Waals surface area contributed by atoms with Gasteiger partial charge in [-0.15, -0.1) is 0 Å². The monoisotopic (exact) mass is 307 g/mol. The molecule has 6 heteroatoms. The van der Waals surface area contributed by atoms with Crippen LogP contribution in [0.25, 0.3) is 0 Å². The summed E-state index contributed by atoms with van der Waals surface area (Å²) in [6, 6.07) is 5.25. The average molecular weight is 307 g/mol. The van der Waals surface area contributed by atoms with Crippen LogP contribution >= 0.6 is 11.6 Å². The Morgan fingerprint density at radius 3 is 1.92 bits per heavy atom. The summed E-state index contributed by atoms with van der Waals surface area (Å²) >= 11 is 5.49. The first-order valence-electron chi connectivity index (χ1n) is 2.73. The molecule has 0 aromatic heterocycles. The van der Waals surface area contributed by atoms with Gasteiger partial charge in [0.15, 0.2) is 0 Å². The minimum Gasteiger partial charge on any atom is -0.282 e. The van der Waals surface area contributed by atoms with Crippen LogP contribution < -0.4 is 0 Å². The average Bonchev–Trinajstić information content (AvgIpc) is 1.86. The summed E-state index contributed by atoms with van der Waals surface area (Å²) in [6.45, 7) is 0. The molecule has 0 saturated carbocycles. The maximum Gasteiger partial charge on any atom is 0.294 e. The zero-order chi connectivity index (χ0) is 8.48. The fourth-order valence-corrected chi connectivity index (χ4v) is 1.21. The van der Waals surface area contributed by atoms with Gasteiger partial charge in [-0.1, -0.05) is 11.6 Å². The van der Waals surface area contributed by atoms with Crippen LogP contribution in [0.15, 0.2) is 29.2 Å². The molecule has 1 N–H and O–H groups in total. The van der Waals surface area contributed by atoms with Crippen molar-refractivity contribution in [3.8, 4) is 0 Å². The van der Waals surface area contributed by atoms with Crippen molar-refractivity contribution in [3.63, 3.8) is 0 Å². The summed E-state index contributed by atoms with van der Waals surface area (Å²) in [5.74, 6) is 0. The summed E-state index contributed by atoms with van der Waals surface area (Å²) in [5, 5.41) is 0.428. The number of hydrogen-bond donors (Lipinski definition) is 1. The van der Waals surface area contributed by atoms with Crippen molar-refractivity contribution < 1.29 is 13.0 Å². The van der Waals surface area contributed by atoms with E-state index >= 15 is 0 Å². The molecule has 0 amide bonds. The Morgan fingerprint density at radius 2 is 1.58 bits per heavy atom.